The highest BCUT2D eigenvalue weighted by atomic mass is 32.1. The molecule has 0 fully saturated rings. The Bertz CT molecular complexity index is 796. The summed E-state index contributed by atoms with van der Waals surface area (Å²) >= 11 is 1.00. The summed E-state index contributed by atoms with van der Waals surface area (Å²) in [6.45, 7) is 5.32. The third-order valence-corrected chi connectivity index (χ3v) is 4.61. The summed E-state index contributed by atoms with van der Waals surface area (Å²) in [7, 11) is 1.59. The van der Waals surface area contributed by atoms with Crippen LogP contribution in [0.5, 0.6) is 11.5 Å². The predicted molar refractivity (Wildman–Crippen MR) is 108 cm³/mol. The highest BCUT2D eigenvalue weighted by Crippen LogP contribution is 2.30. The minimum absolute atomic E-state index is 0.175. The number of hydrogen-bond donors (Lipinski definition) is 2. The molecule has 0 saturated heterocycles. The monoisotopic (exact) mass is 430 g/mol. The van der Waals surface area contributed by atoms with Gasteiger partial charge in [-0.1, -0.05) is 6.07 Å². The molecule has 10 heteroatoms. The van der Waals surface area contributed by atoms with Crippen LogP contribution in [0.4, 0.5) is 13.2 Å². The number of ether oxygens (including phenoxy) is 2. The number of aliphatic imine (C=N–C) groups is 1. The van der Waals surface area contributed by atoms with Crippen molar-refractivity contribution in [2.75, 3.05) is 26.7 Å². The highest BCUT2D eigenvalue weighted by Gasteiger charge is 2.33. The molecule has 1 aromatic carbocycles. The first kappa shape index (κ1) is 22.8. The summed E-state index contributed by atoms with van der Waals surface area (Å²) in [6, 6.07) is 7.32. The smallest absolute Gasteiger partial charge is 0.434 e. The number of thiazole rings is 1. The normalized spacial score (nSPS) is 13.1. The van der Waals surface area contributed by atoms with Crippen LogP contribution in [0.15, 0.2) is 34.6 Å². The highest BCUT2D eigenvalue weighted by molar-refractivity contribution is 7.09. The van der Waals surface area contributed by atoms with Crippen LogP contribution < -0.4 is 20.1 Å². The third kappa shape index (κ3) is 7.80. The quantitative estimate of drug-likeness (QED) is 0.469. The number of guanidine groups is 1. The van der Waals surface area contributed by atoms with Crippen LogP contribution in [0.25, 0.3) is 0 Å². The zero-order valence-electron chi connectivity index (χ0n) is 16.5. The van der Waals surface area contributed by atoms with Crippen molar-refractivity contribution in [3.05, 3.63) is 40.3 Å². The van der Waals surface area contributed by atoms with Gasteiger partial charge in [-0.25, -0.2) is 9.98 Å². The summed E-state index contributed by atoms with van der Waals surface area (Å²) in [5.74, 6) is 1.97. The van der Waals surface area contributed by atoms with Gasteiger partial charge in [0.25, 0.3) is 0 Å². The average molecular weight is 430 g/mol. The number of benzene rings is 1. The minimum atomic E-state index is -4.41. The number of methoxy groups -OCH3 is 1. The van der Waals surface area contributed by atoms with Crippen LogP contribution in [0.3, 0.4) is 0 Å². The Morgan fingerprint density at radius 2 is 2.03 bits per heavy atom. The van der Waals surface area contributed by atoms with E-state index in [9.17, 15) is 13.2 Å². The molecular weight excluding hydrogens is 405 g/mol. The molecule has 0 bridgehead atoms. The lowest BCUT2D eigenvalue weighted by atomic mass is 10.3. The van der Waals surface area contributed by atoms with E-state index in [4.69, 9.17) is 9.47 Å². The van der Waals surface area contributed by atoms with Gasteiger partial charge in [0.05, 0.1) is 18.7 Å². The summed E-state index contributed by atoms with van der Waals surface area (Å²) in [4.78, 5) is 8.09. The molecule has 6 nitrogen and oxygen atoms in total. The van der Waals surface area contributed by atoms with Crippen molar-refractivity contribution in [3.8, 4) is 11.5 Å². The maximum atomic E-state index is 12.6. The predicted octanol–water partition coefficient (Wildman–Crippen LogP) is 3.74. The van der Waals surface area contributed by atoms with Crippen LogP contribution >= 0.6 is 11.3 Å². The standard InChI is InChI=1S/C19H25F3N4O2S/c1-4-23-18(24-9-8-17-26-16(12-29-17)19(20,21)22)25-11-13(2)28-15-7-5-6-14(10-15)27-3/h5-7,10,12-13H,4,8-9,11H2,1-3H3,(H2,23,24,25). The van der Waals surface area contributed by atoms with Gasteiger partial charge in [-0.2, -0.15) is 13.2 Å². The van der Waals surface area contributed by atoms with Crippen LogP contribution in [0.1, 0.15) is 24.5 Å². The van der Waals surface area contributed by atoms with E-state index in [1.165, 1.54) is 0 Å². The Morgan fingerprint density at radius 3 is 2.69 bits per heavy atom. The van der Waals surface area contributed by atoms with Crippen molar-refractivity contribution < 1.29 is 22.6 Å². The largest absolute Gasteiger partial charge is 0.497 e. The molecule has 0 spiro atoms. The van der Waals surface area contributed by atoms with Crippen LogP contribution in [0, 0.1) is 0 Å². The zero-order chi connectivity index (χ0) is 21.3. The van der Waals surface area contributed by atoms with Gasteiger partial charge in [-0.05, 0) is 26.0 Å². The molecule has 1 aromatic heterocycles. The first-order valence-electron chi connectivity index (χ1n) is 9.16. The Balaban J connectivity index is 1.84. The van der Waals surface area contributed by atoms with E-state index in [0.29, 0.717) is 48.5 Å². The number of alkyl halides is 3. The van der Waals surface area contributed by atoms with Crippen molar-refractivity contribution in [1.82, 2.24) is 15.6 Å². The molecule has 2 N–H and O–H groups in total. The van der Waals surface area contributed by atoms with Crippen molar-refractivity contribution in [2.24, 2.45) is 4.99 Å². The maximum Gasteiger partial charge on any atom is 0.434 e. The van der Waals surface area contributed by atoms with Crippen LogP contribution in [-0.2, 0) is 12.6 Å². The number of rotatable bonds is 9. The summed E-state index contributed by atoms with van der Waals surface area (Å²) in [5, 5.41) is 7.67. The third-order valence-electron chi connectivity index (χ3n) is 3.70. The van der Waals surface area contributed by atoms with Gasteiger partial charge in [0.2, 0.25) is 0 Å². The molecule has 0 radical (unpaired) electrons. The van der Waals surface area contributed by atoms with Gasteiger partial charge in [0, 0.05) is 31.0 Å². The molecule has 1 heterocycles. The average Bonchev–Trinajstić information content (AvgIpc) is 3.15. The van der Waals surface area contributed by atoms with Gasteiger partial charge >= 0.3 is 6.18 Å². The second-order valence-corrected chi connectivity index (χ2v) is 7.07. The number of hydrogen-bond acceptors (Lipinski definition) is 5. The molecule has 0 aliphatic heterocycles. The first-order chi connectivity index (χ1) is 13.8. The van der Waals surface area contributed by atoms with Gasteiger partial charge in [0.1, 0.15) is 17.6 Å². The van der Waals surface area contributed by atoms with E-state index >= 15 is 0 Å². The topological polar surface area (TPSA) is 67.8 Å². The van der Waals surface area contributed by atoms with Gasteiger partial charge in [-0.15, -0.1) is 11.3 Å². The van der Waals surface area contributed by atoms with E-state index in [1.54, 1.807) is 13.2 Å². The minimum Gasteiger partial charge on any atom is -0.497 e. The fourth-order valence-corrected chi connectivity index (χ4v) is 3.15. The first-order valence-corrected chi connectivity index (χ1v) is 10.0. The van der Waals surface area contributed by atoms with Gasteiger partial charge in [0.15, 0.2) is 11.7 Å². The molecular formula is C19H25F3N4O2S. The van der Waals surface area contributed by atoms with E-state index < -0.39 is 11.9 Å². The summed E-state index contributed by atoms with van der Waals surface area (Å²) < 4.78 is 48.8. The van der Waals surface area contributed by atoms with Gasteiger partial charge < -0.3 is 20.1 Å². The number of aromatic nitrogens is 1. The lowest BCUT2D eigenvalue weighted by Crippen LogP contribution is -2.39. The Hall–Kier alpha value is -2.49. The molecule has 2 rings (SSSR count). The molecule has 29 heavy (non-hydrogen) atoms. The molecule has 160 valence electrons. The Kier molecular flexibility index (Phi) is 8.56. The van der Waals surface area contributed by atoms with Gasteiger partial charge in [-0.3, -0.25) is 0 Å². The molecule has 2 aromatic rings. The second-order valence-electron chi connectivity index (χ2n) is 6.13. The number of nitrogens with one attached hydrogen (secondary N) is 2. The van der Waals surface area contributed by atoms with E-state index in [0.717, 1.165) is 16.7 Å². The lowest BCUT2D eigenvalue weighted by Gasteiger charge is -2.15. The second kappa shape index (κ2) is 10.9. The number of nitrogens with zero attached hydrogens (tertiary/aromatic N) is 2. The van der Waals surface area contributed by atoms with E-state index in [1.807, 2.05) is 32.0 Å². The molecule has 0 saturated carbocycles. The van der Waals surface area contributed by atoms with E-state index in [2.05, 4.69) is 20.6 Å². The summed E-state index contributed by atoms with van der Waals surface area (Å²) in [5.41, 5.74) is -0.846. The van der Waals surface area contributed by atoms with Crippen molar-refractivity contribution >= 4 is 17.3 Å². The lowest BCUT2D eigenvalue weighted by molar-refractivity contribution is -0.140. The molecule has 0 amide bonds. The molecule has 0 aliphatic carbocycles. The summed E-state index contributed by atoms with van der Waals surface area (Å²) in [6.07, 6.45) is -4.20. The fourth-order valence-electron chi connectivity index (χ4n) is 2.35. The Labute approximate surface area is 172 Å². The van der Waals surface area contributed by atoms with Crippen molar-refractivity contribution in [1.29, 1.82) is 0 Å². The van der Waals surface area contributed by atoms with Crippen molar-refractivity contribution in [2.45, 2.75) is 32.5 Å². The maximum absolute atomic E-state index is 12.6. The molecule has 0 aliphatic rings. The van der Waals surface area contributed by atoms with Crippen LogP contribution in [0.2, 0.25) is 0 Å². The van der Waals surface area contributed by atoms with E-state index in [-0.39, 0.29) is 6.10 Å². The van der Waals surface area contributed by atoms with Crippen LogP contribution in [-0.4, -0.2) is 43.8 Å². The molecule has 1 atom stereocenters. The molecule has 1 unspecified atom stereocenters. The number of halogens is 3. The Morgan fingerprint density at radius 1 is 1.28 bits per heavy atom. The van der Waals surface area contributed by atoms with Crippen molar-refractivity contribution in [3.63, 3.8) is 0 Å². The SMILES string of the molecule is CCNC(=NCC(C)Oc1cccc(OC)c1)NCCc1nc(C(F)(F)F)cs1. The fraction of sp³-hybridized carbons (Fsp3) is 0.474. The zero-order valence-corrected chi connectivity index (χ0v) is 17.4.